The number of aromatic nitrogens is 4. The Bertz CT molecular complexity index is 619. The molecule has 0 unspecified atom stereocenters. The first-order chi connectivity index (χ1) is 8.97. The number of allylic oxidation sites excluding steroid dienone is 1. The van der Waals surface area contributed by atoms with Crippen LogP contribution in [0.1, 0.15) is 41.4 Å². The lowest BCUT2D eigenvalue weighted by atomic mass is 10.1. The standard InChI is InChI=1S/C14H18N4O/c1-10(2)14-11(8-18(4)16-14)5-6-13(19)12-7-15-17(3)9-12/h5-10H,1-4H3. The molecule has 2 aromatic heterocycles. The number of carbonyl (C=O) groups is 1. The summed E-state index contributed by atoms with van der Waals surface area (Å²) in [7, 11) is 3.67. The molecule has 0 aliphatic rings. The lowest BCUT2D eigenvalue weighted by molar-refractivity contribution is 0.104. The Morgan fingerprint density at radius 1 is 1.26 bits per heavy atom. The normalized spacial score (nSPS) is 11.6. The Morgan fingerprint density at radius 2 is 2.00 bits per heavy atom. The molecule has 0 fully saturated rings. The summed E-state index contributed by atoms with van der Waals surface area (Å²) < 4.78 is 3.38. The number of nitrogens with zero attached hydrogens (tertiary/aromatic N) is 4. The van der Waals surface area contributed by atoms with Crippen molar-refractivity contribution in [1.82, 2.24) is 19.6 Å². The second kappa shape index (κ2) is 5.22. The van der Waals surface area contributed by atoms with Crippen LogP contribution in [0.5, 0.6) is 0 Å². The summed E-state index contributed by atoms with van der Waals surface area (Å²) in [6, 6.07) is 0. The molecule has 2 rings (SSSR count). The molecule has 0 atom stereocenters. The van der Waals surface area contributed by atoms with Crippen molar-refractivity contribution in [2.24, 2.45) is 14.1 Å². The molecule has 0 spiro atoms. The molecule has 5 heteroatoms. The molecular weight excluding hydrogens is 240 g/mol. The van der Waals surface area contributed by atoms with Crippen molar-refractivity contribution in [3.05, 3.63) is 41.5 Å². The van der Waals surface area contributed by atoms with Crippen LogP contribution in [0.15, 0.2) is 24.7 Å². The van der Waals surface area contributed by atoms with E-state index in [4.69, 9.17) is 0 Å². The molecule has 0 aliphatic carbocycles. The lowest BCUT2D eigenvalue weighted by Crippen LogP contribution is -1.94. The third-order valence-corrected chi connectivity index (χ3v) is 2.84. The summed E-state index contributed by atoms with van der Waals surface area (Å²) in [6.45, 7) is 4.17. The summed E-state index contributed by atoms with van der Waals surface area (Å²) >= 11 is 0. The summed E-state index contributed by atoms with van der Waals surface area (Å²) in [5.41, 5.74) is 2.57. The highest BCUT2D eigenvalue weighted by atomic mass is 16.1. The number of aryl methyl sites for hydroxylation is 2. The van der Waals surface area contributed by atoms with E-state index in [1.165, 1.54) is 0 Å². The van der Waals surface area contributed by atoms with Crippen LogP contribution in [0.25, 0.3) is 6.08 Å². The Labute approximate surface area is 112 Å². The average Bonchev–Trinajstić information content (AvgIpc) is 2.92. The monoisotopic (exact) mass is 258 g/mol. The van der Waals surface area contributed by atoms with E-state index >= 15 is 0 Å². The van der Waals surface area contributed by atoms with Crippen LogP contribution in [0.3, 0.4) is 0 Å². The Hall–Kier alpha value is -2.17. The van der Waals surface area contributed by atoms with Crippen LogP contribution >= 0.6 is 0 Å². The minimum absolute atomic E-state index is 0.0494. The highest BCUT2D eigenvalue weighted by Crippen LogP contribution is 2.18. The Balaban J connectivity index is 2.21. The minimum atomic E-state index is -0.0494. The van der Waals surface area contributed by atoms with Crippen LogP contribution < -0.4 is 0 Å². The predicted molar refractivity (Wildman–Crippen MR) is 73.9 cm³/mol. The van der Waals surface area contributed by atoms with Crippen LogP contribution in [0.2, 0.25) is 0 Å². The maximum Gasteiger partial charge on any atom is 0.189 e. The van der Waals surface area contributed by atoms with Crippen molar-refractivity contribution in [2.45, 2.75) is 19.8 Å². The van der Waals surface area contributed by atoms with Crippen molar-refractivity contribution >= 4 is 11.9 Å². The van der Waals surface area contributed by atoms with E-state index < -0.39 is 0 Å². The van der Waals surface area contributed by atoms with Crippen molar-refractivity contribution in [1.29, 1.82) is 0 Å². The fraction of sp³-hybridized carbons (Fsp3) is 0.357. The van der Waals surface area contributed by atoms with Gasteiger partial charge in [0.05, 0.1) is 17.5 Å². The number of hydrogen-bond donors (Lipinski definition) is 0. The largest absolute Gasteiger partial charge is 0.289 e. The smallest absolute Gasteiger partial charge is 0.189 e. The summed E-state index contributed by atoms with van der Waals surface area (Å²) in [6.07, 6.45) is 8.58. The fourth-order valence-corrected chi connectivity index (χ4v) is 1.91. The number of rotatable bonds is 4. The molecule has 0 N–H and O–H groups in total. The predicted octanol–water partition coefficient (Wildman–Crippen LogP) is 2.17. The molecule has 0 bridgehead atoms. The first kappa shape index (κ1) is 13.3. The molecule has 5 nitrogen and oxygen atoms in total. The van der Waals surface area contributed by atoms with Gasteiger partial charge in [0.1, 0.15) is 0 Å². The van der Waals surface area contributed by atoms with E-state index in [-0.39, 0.29) is 5.78 Å². The fourth-order valence-electron chi connectivity index (χ4n) is 1.91. The molecular formula is C14H18N4O. The van der Waals surface area contributed by atoms with E-state index in [0.29, 0.717) is 11.5 Å². The molecule has 19 heavy (non-hydrogen) atoms. The van der Waals surface area contributed by atoms with Crippen LogP contribution in [0, 0.1) is 0 Å². The van der Waals surface area contributed by atoms with Gasteiger partial charge in [0.25, 0.3) is 0 Å². The van der Waals surface area contributed by atoms with Gasteiger partial charge < -0.3 is 0 Å². The zero-order chi connectivity index (χ0) is 14.0. The molecule has 0 amide bonds. The van der Waals surface area contributed by atoms with Gasteiger partial charge in [-0.1, -0.05) is 13.8 Å². The van der Waals surface area contributed by atoms with Crippen LogP contribution in [-0.4, -0.2) is 25.3 Å². The quantitative estimate of drug-likeness (QED) is 0.624. The lowest BCUT2D eigenvalue weighted by Gasteiger charge is -2.00. The van der Waals surface area contributed by atoms with Gasteiger partial charge >= 0.3 is 0 Å². The van der Waals surface area contributed by atoms with E-state index in [9.17, 15) is 4.79 Å². The molecule has 2 heterocycles. The van der Waals surface area contributed by atoms with Crippen molar-refractivity contribution in [3.8, 4) is 0 Å². The summed E-state index contributed by atoms with van der Waals surface area (Å²) in [5.74, 6) is 0.279. The van der Waals surface area contributed by atoms with Gasteiger partial charge in [0, 0.05) is 32.1 Å². The maximum absolute atomic E-state index is 12.0. The van der Waals surface area contributed by atoms with Crippen molar-refractivity contribution < 1.29 is 4.79 Å². The Kier molecular flexibility index (Phi) is 3.64. The summed E-state index contributed by atoms with van der Waals surface area (Å²) in [5, 5.41) is 8.39. The van der Waals surface area contributed by atoms with E-state index in [0.717, 1.165) is 11.3 Å². The molecule has 0 radical (unpaired) electrons. The second-order valence-corrected chi connectivity index (χ2v) is 4.90. The average molecular weight is 258 g/mol. The van der Waals surface area contributed by atoms with Gasteiger partial charge in [-0.3, -0.25) is 14.2 Å². The second-order valence-electron chi connectivity index (χ2n) is 4.90. The minimum Gasteiger partial charge on any atom is -0.289 e. The molecule has 0 saturated heterocycles. The third-order valence-electron chi connectivity index (χ3n) is 2.84. The maximum atomic E-state index is 12.0. The molecule has 0 aliphatic heterocycles. The van der Waals surface area contributed by atoms with E-state index in [2.05, 4.69) is 24.0 Å². The highest BCUT2D eigenvalue weighted by Gasteiger charge is 2.10. The first-order valence-corrected chi connectivity index (χ1v) is 6.22. The van der Waals surface area contributed by atoms with Gasteiger partial charge in [0.15, 0.2) is 5.78 Å². The number of ketones is 1. The van der Waals surface area contributed by atoms with Gasteiger partial charge in [-0.05, 0) is 18.1 Å². The summed E-state index contributed by atoms with van der Waals surface area (Å²) in [4.78, 5) is 12.0. The third kappa shape index (κ3) is 2.99. The number of hydrogen-bond acceptors (Lipinski definition) is 3. The topological polar surface area (TPSA) is 52.7 Å². The van der Waals surface area contributed by atoms with Gasteiger partial charge in [-0.25, -0.2) is 0 Å². The van der Waals surface area contributed by atoms with Gasteiger partial charge in [0.2, 0.25) is 0 Å². The van der Waals surface area contributed by atoms with Crippen LogP contribution in [0.4, 0.5) is 0 Å². The zero-order valence-corrected chi connectivity index (χ0v) is 11.7. The number of carbonyl (C=O) groups excluding carboxylic acids is 1. The van der Waals surface area contributed by atoms with Crippen LogP contribution in [-0.2, 0) is 14.1 Å². The first-order valence-electron chi connectivity index (χ1n) is 6.22. The molecule has 100 valence electrons. The van der Waals surface area contributed by atoms with E-state index in [1.807, 2.05) is 19.3 Å². The highest BCUT2D eigenvalue weighted by molar-refractivity contribution is 6.06. The SMILES string of the molecule is CC(C)c1nn(C)cc1C=CC(=O)c1cnn(C)c1. The van der Waals surface area contributed by atoms with Crippen molar-refractivity contribution in [2.75, 3.05) is 0 Å². The molecule has 0 saturated carbocycles. The Morgan fingerprint density at radius 3 is 2.58 bits per heavy atom. The van der Waals surface area contributed by atoms with E-state index in [1.54, 1.807) is 34.9 Å². The molecule has 2 aromatic rings. The van der Waals surface area contributed by atoms with Gasteiger partial charge in [-0.15, -0.1) is 0 Å². The molecule has 0 aromatic carbocycles. The zero-order valence-electron chi connectivity index (χ0n) is 11.7. The van der Waals surface area contributed by atoms with Gasteiger partial charge in [-0.2, -0.15) is 10.2 Å². The van der Waals surface area contributed by atoms with Crippen molar-refractivity contribution in [3.63, 3.8) is 0 Å².